The Morgan fingerprint density at radius 1 is 1.12 bits per heavy atom. The van der Waals surface area contributed by atoms with Gasteiger partial charge in [-0.3, -0.25) is 9.69 Å². The fourth-order valence-electron chi connectivity index (χ4n) is 4.69. The lowest BCUT2D eigenvalue weighted by Gasteiger charge is -2.51. The first-order valence-corrected chi connectivity index (χ1v) is 9.47. The maximum Gasteiger partial charge on any atom is 0.272 e. The molecule has 0 spiro atoms. The van der Waals surface area contributed by atoms with Crippen LogP contribution in [0.1, 0.15) is 49.5 Å². The summed E-state index contributed by atoms with van der Waals surface area (Å²) in [6, 6.07) is 12.2. The summed E-state index contributed by atoms with van der Waals surface area (Å²) in [5.41, 5.74) is 1.56. The predicted molar refractivity (Wildman–Crippen MR) is 101 cm³/mol. The van der Waals surface area contributed by atoms with E-state index >= 15 is 0 Å². The molecule has 3 heterocycles. The molecule has 1 aromatic carbocycles. The highest BCUT2D eigenvalue weighted by atomic mass is 16.2. The number of rotatable bonds is 1. The minimum atomic E-state index is 0.0846. The molecule has 4 nitrogen and oxygen atoms in total. The third kappa shape index (κ3) is 2.82. The summed E-state index contributed by atoms with van der Waals surface area (Å²) in [5, 5.41) is 1.08. The lowest BCUT2D eigenvalue weighted by atomic mass is 9.80. The minimum absolute atomic E-state index is 0.0846. The number of para-hydroxylation sites is 1. The molecule has 25 heavy (non-hydrogen) atoms. The molecule has 2 saturated heterocycles. The van der Waals surface area contributed by atoms with Gasteiger partial charge in [-0.2, -0.15) is 0 Å². The van der Waals surface area contributed by atoms with Gasteiger partial charge in [0.15, 0.2) is 0 Å². The topological polar surface area (TPSA) is 36.4 Å². The van der Waals surface area contributed by atoms with Gasteiger partial charge in [0.1, 0.15) is 5.69 Å². The van der Waals surface area contributed by atoms with Crippen molar-refractivity contribution in [3.05, 3.63) is 42.1 Å². The molecule has 0 N–H and O–H groups in total. The lowest BCUT2D eigenvalue weighted by molar-refractivity contribution is -0.00364. The first kappa shape index (κ1) is 16.5. The highest BCUT2D eigenvalue weighted by Gasteiger charge is 2.46. The Morgan fingerprint density at radius 3 is 2.84 bits per heavy atom. The van der Waals surface area contributed by atoms with E-state index in [2.05, 4.69) is 28.8 Å². The molecule has 1 aromatic heterocycles. The standard InChI is InChI=1S/C21H27N3O/c1-21-13-7-15-24(19(21)10-5-6-14-23(21)2)20(25)18-12-11-16-8-3-4-9-17(16)22-18/h3-4,8-9,11-12,19H,5-7,10,13-15H2,1-2H3/t19-,21-/m0/s1. The number of hydrogen-bond acceptors (Lipinski definition) is 3. The zero-order valence-electron chi connectivity index (χ0n) is 15.2. The molecule has 0 unspecified atom stereocenters. The summed E-state index contributed by atoms with van der Waals surface area (Å²) in [7, 11) is 2.22. The molecule has 132 valence electrons. The lowest BCUT2D eigenvalue weighted by Crippen LogP contribution is -2.63. The number of piperidine rings is 1. The summed E-state index contributed by atoms with van der Waals surface area (Å²) >= 11 is 0. The SMILES string of the molecule is CN1CCCC[C@@H]2N(C(=O)c3ccc4ccccc4n3)CCC[C@@]21C. The number of fused-ring (bicyclic) bond motifs is 2. The number of hydrogen-bond donors (Lipinski definition) is 0. The first-order chi connectivity index (χ1) is 12.1. The van der Waals surface area contributed by atoms with Crippen molar-refractivity contribution in [2.45, 2.75) is 50.6 Å². The van der Waals surface area contributed by atoms with Gasteiger partial charge in [0.2, 0.25) is 0 Å². The quantitative estimate of drug-likeness (QED) is 0.796. The van der Waals surface area contributed by atoms with Crippen LogP contribution in [0.4, 0.5) is 0 Å². The summed E-state index contributed by atoms with van der Waals surface area (Å²) in [5.74, 6) is 0.0944. The third-order valence-corrected chi connectivity index (χ3v) is 6.35. The van der Waals surface area contributed by atoms with E-state index < -0.39 is 0 Å². The van der Waals surface area contributed by atoms with Crippen LogP contribution in [0, 0.1) is 0 Å². The van der Waals surface area contributed by atoms with Gasteiger partial charge in [0, 0.05) is 17.5 Å². The second kappa shape index (κ2) is 6.41. The predicted octanol–water partition coefficient (Wildman–Crippen LogP) is 3.71. The van der Waals surface area contributed by atoms with Crippen LogP contribution in [-0.4, -0.2) is 52.4 Å². The van der Waals surface area contributed by atoms with Crippen molar-refractivity contribution in [2.24, 2.45) is 0 Å². The third-order valence-electron chi connectivity index (χ3n) is 6.35. The van der Waals surface area contributed by atoms with Crippen LogP contribution in [0.5, 0.6) is 0 Å². The van der Waals surface area contributed by atoms with Gasteiger partial charge in [-0.05, 0) is 58.3 Å². The molecule has 1 amide bonds. The zero-order valence-corrected chi connectivity index (χ0v) is 15.2. The molecule has 2 fully saturated rings. The average Bonchev–Trinajstić information content (AvgIpc) is 2.79. The van der Waals surface area contributed by atoms with Gasteiger partial charge < -0.3 is 4.90 Å². The molecule has 0 radical (unpaired) electrons. The molecule has 2 aliphatic heterocycles. The van der Waals surface area contributed by atoms with Gasteiger partial charge in [0.25, 0.3) is 5.91 Å². The molecule has 2 aromatic rings. The van der Waals surface area contributed by atoms with Crippen molar-refractivity contribution in [3.8, 4) is 0 Å². The van der Waals surface area contributed by atoms with E-state index in [1.54, 1.807) is 0 Å². The molecular formula is C21H27N3O. The molecule has 4 heteroatoms. The molecule has 0 aliphatic carbocycles. The highest BCUT2D eigenvalue weighted by molar-refractivity contribution is 5.95. The fourth-order valence-corrected chi connectivity index (χ4v) is 4.69. The van der Waals surface area contributed by atoms with Crippen molar-refractivity contribution in [1.29, 1.82) is 0 Å². The first-order valence-electron chi connectivity index (χ1n) is 9.47. The largest absolute Gasteiger partial charge is 0.332 e. The Balaban J connectivity index is 1.67. The van der Waals surface area contributed by atoms with Crippen molar-refractivity contribution < 1.29 is 4.79 Å². The summed E-state index contributed by atoms with van der Waals surface area (Å²) in [6.45, 7) is 4.32. The number of nitrogens with zero attached hydrogens (tertiary/aromatic N) is 3. The van der Waals surface area contributed by atoms with Gasteiger partial charge in [0.05, 0.1) is 11.6 Å². The van der Waals surface area contributed by atoms with E-state index in [9.17, 15) is 4.79 Å². The number of likely N-dealkylation sites (N-methyl/N-ethyl adjacent to an activating group) is 1. The van der Waals surface area contributed by atoms with Crippen LogP contribution >= 0.6 is 0 Å². The highest BCUT2D eigenvalue weighted by Crippen LogP contribution is 2.38. The number of pyridine rings is 1. The number of benzene rings is 1. The Morgan fingerprint density at radius 2 is 1.96 bits per heavy atom. The smallest absolute Gasteiger partial charge is 0.272 e. The van der Waals surface area contributed by atoms with Crippen molar-refractivity contribution in [1.82, 2.24) is 14.8 Å². The van der Waals surface area contributed by atoms with Crippen molar-refractivity contribution in [3.63, 3.8) is 0 Å². The Kier molecular flexibility index (Phi) is 4.24. The number of carbonyl (C=O) groups is 1. The maximum absolute atomic E-state index is 13.3. The average molecular weight is 337 g/mol. The van der Waals surface area contributed by atoms with Crippen LogP contribution in [0.2, 0.25) is 0 Å². The second-order valence-corrected chi connectivity index (χ2v) is 7.78. The van der Waals surface area contributed by atoms with Crippen LogP contribution in [0.15, 0.2) is 36.4 Å². The normalized spacial score (nSPS) is 27.8. The van der Waals surface area contributed by atoms with Gasteiger partial charge in [-0.15, -0.1) is 0 Å². The van der Waals surface area contributed by atoms with Crippen molar-refractivity contribution >= 4 is 16.8 Å². The molecule has 4 rings (SSSR count). The molecule has 2 atom stereocenters. The molecule has 2 aliphatic rings. The van der Waals surface area contributed by atoms with E-state index in [-0.39, 0.29) is 17.5 Å². The summed E-state index contributed by atoms with van der Waals surface area (Å²) in [6.07, 6.45) is 5.75. The molecule has 0 saturated carbocycles. The number of carbonyl (C=O) groups excluding carboxylic acids is 1. The van der Waals surface area contributed by atoms with E-state index in [4.69, 9.17) is 0 Å². The molecule has 0 bridgehead atoms. The van der Waals surface area contributed by atoms with Crippen LogP contribution in [-0.2, 0) is 0 Å². The number of likely N-dealkylation sites (tertiary alicyclic amines) is 2. The summed E-state index contributed by atoms with van der Waals surface area (Å²) < 4.78 is 0. The Bertz CT molecular complexity index is 790. The van der Waals surface area contributed by atoms with Crippen LogP contribution < -0.4 is 0 Å². The zero-order chi connectivity index (χ0) is 17.4. The van der Waals surface area contributed by atoms with E-state index in [0.29, 0.717) is 5.69 Å². The number of aromatic nitrogens is 1. The van der Waals surface area contributed by atoms with E-state index in [0.717, 1.165) is 36.8 Å². The monoisotopic (exact) mass is 337 g/mol. The van der Waals surface area contributed by atoms with Crippen molar-refractivity contribution in [2.75, 3.05) is 20.1 Å². The van der Waals surface area contributed by atoms with E-state index in [1.807, 2.05) is 36.4 Å². The minimum Gasteiger partial charge on any atom is -0.332 e. The number of amides is 1. The Labute approximate surface area is 149 Å². The van der Waals surface area contributed by atoms with Crippen LogP contribution in [0.25, 0.3) is 10.9 Å². The maximum atomic E-state index is 13.3. The van der Waals surface area contributed by atoms with Gasteiger partial charge in [-0.1, -0.05) is 30.7 Å². The Hall–Kier alpha value is -1.94. The second-order valence-electron chi connectivity index (χ2n) is 7.78. The van der Waals surface area contributed by atoms with Crippen LogP contribution in [0.3, 0.4) is 0 Å². The summed E-state index contributed by atoms with van der Waals surface area (Å²) in [4.78, 5) is 22.6. The van der Waals surface area contributed by atoms with Gasteiger partial charge >= 0.3 is 0 Å². The fraction of sp³-hybridized carbons (Fsp3) is 0.524. The van der Waals surface area contributed by atoms with Gasteiger partial charge in [-0.25, -0.2) is 4.98 Å². The van der Waals surface area contributed by atoms with E-state index in [1.165, 1.54) is 19.3 Å². The molecular weight excluding hydrogens is 310 g/mol.